The Bertz CT molecular complexity index is 1460. The minimum atomic E-state index is -0.145. The molecule has 0 amide bonds. The van der Waals surface area contributed by atoms with Crippen LogP contribution in [0.25, 0.3) is 11.4 Å². The minimum Gasteiger partial charge on any atom is -0.377 e. The molecule has 1 saturated heterocycles. The van der Waals surface area contributed by atoms with Crippen LogP contribution in [0, 0.1) is 0 Å². The van der Waals surface area contributed by atoms with Gasteiger partial charge in [-0.25, -0.2) is 15.0 Å². The highest BCUT2D eigenvalue weighted by Gasteiger charge is 2.29. The largest absolute Gasteiger partial charge is 0.377 e. The van der Waals surface area contributed by atoms with E-state index in [9.17, 15) is 4.79 Å². The predicted molar refractivity (Wildman–Crippen MR) is 143 cm³/mol. The molecule has 190 valence electrons. The Kier molecular flexibility index (Phi) is 6.09. The van der Waals surface area contributed by atoms with Gasteiger partial charge in [0.05, 0.1) is 31.5 Å². The van der Waals surface area contributed by atoms with E-state index in [2.05, 4.69) is 32.0 Å². The molecule has 5 heterocycles. The zero-order chi connectivity index (χ0) is 25.4. The van der Waals surface area contributed by atoms with Gasteiger partial charge < -0.3 is 29.4 Å². The summed E-state index contributed by atoms with van der Waals surface area (Å²) in [7, 11) is 2.02. The number of fused-ring (bicyclic) bond motifs is 1. The van der Waals surface area contributed by atoms with Gasteiger partial charge in [0.25, 0.3) is 0 Å². The normalized spacial score (nSPS) is 17.5. The van der Waals surface area contributed by atoms with Crippen molar-refractivity contribution in [2.24, 2.45) is 7.05 Å². The van der Waals surface area contributed by atoms with E-state index < -0.39 is 0 Å². The lowest BCUT2D eigenvalue weighted by Crippen LogP contribution is -2.45. The van der Waals surface area contributed by atoms with Gasteiger partial charge in [-0.15, -0.1) is 0 Å². The molecule has 2 aliphatic heterocycles. The Morgan fingerprint density at radius 1 is 1.11 bits per heavy atom. The SMILES string of the molecule is CC1COCCN1c1nc(-c2ccc(Nc3cccc(=O)[nH]3)cc2)nc2c1CCN(c1nccn1C)C2. The predicted octanol–water partition coefficient (Wildman–Crippen LogP) is 3.10. The van der Waals surface area contributed by atoms with Gasteiger partial charge in [-0.3, -0.25) is 4.79 Å². The molecule has 0 saturated carbocycles. The molecule has 2 N–H and O–H groups in total. The highest BCUT2D eigenvalue weighted by molar-refractivity contribution is 5.66. The Morgan fingerprint density at radius 2 is 1.97 bits per heavy atom. The van der Waals surface area contributed by atoms with Gasteiger partial charge in [0.1, 0.15) is 11.6 Å². The van der Waals surface area contributed by atoms with Crippen LogP contribution in [0.1, 0.15) is 18.2 Å². The lowest BCUT2D eigenvalue weighted by Gasteiger charge is -2.38. The summed E-state index contributed by atoms with van der Waals surface area (Å²) in [6.45, 7) is 5.93. The fourth-order valence-corrected chi connectivity index (χ4v) is 5.03. The second-order valence-electron chi connectivity index (χ2n) is 9.55. The highest BCUT2D eigenvalue weighted by Crippen LogP contribution is 2.33. The molecule has 3 aromatic heterocycles. The van der Waals surface area contributed by atoms with Crippen molar-refractivity contribution in [2.75, 3.05) is 41.4 Å². The fourth-order valence-electron chi connectivity index (χ4n) is 5.03. The fraction of sp³-hybridized carbons (Fsp3) is 0.333. The number of benzene rings is 1. The molecule has 0 aliphatic carbocycles. The first-order valence-electron chi connectivity index (χ1n) is 12.6. The molecule has 37 heavy (non-hydrogen) atoms. The smallest absolute Gasteiger partial charge is 0.249 e. The molecule has 0 bridgehead atoms. The Labute approximate surface area is 215 Å². The first-order valence-corrected chi connectivity index (χ1v) is 12.6. The van der Waals surface area contributed by atoms with Crippen LogP contribution in [0.5, 0.6) is 0 Å². The number of ether oxygens (including phenoxy) is 1. The van der Waals surface area contributed by atoms with Crippen LogP contribution in [-0.2, 0) is 24.8 Å². The summed E-state index contributed by atoms with van der Waals surface area (Å²) in [5, 5.41) is 3.23. The van der Waals surface area contributed by atoms with Crippen LogP contribution < -0.4 is 20.7 Å². The van der Waals surface area contributed by atoms with E-state index in [1.54, 1.807) is 6.07 Å². The van der Waals surface area contributed by atoms with E-state index >= 15 is 0 Å². The lowest BCUT2D eigenvalue weighted by atomic mass is 10.0. The second kappa shape index (κ2) is 9.70. The van der Waals surface area contributed by atoms with Crippen molar-refractivity contribution in [2.45, 2.75) is 25.9 Å². The number of morpholine rings is 1. The first kappa shape index (κ1) is 23.2. The highest BCUT2D eigenvalue weighted by atomic mass is 16.5. The van der Waals surface area contributed by atoms with Crippen molar-refractivity contribution in [3.63, 3.8) is 0 Å². The zero-order valence-corrected chi connectivity index (χ0v) is 21.0. The van der Waals surface area contributed by atoms with Gasteiger partial charge >= 0.3 is 0 Å². The number of aryl methyl sites for hydroxylation is 1. The van der Waals surface area contributed by atoms with Crippen LogP contribution in [0.15, 0.2) is 59.7 Å². The molecular weight excluding hydrogens is 468 g/mol. The minimum absolute atomic E-state index is 0.145. The molecule has 6 rings (SSSR count). The number of pyridine rings is 1. The van der Waals surface area contributed by atoms with Gasteiger partial charge in [0.2, 0.25) is 11.5 Å². The van der Waals surface area contributed by atoms with Crippen LogP contribution in [0.3, 0.4) is 0 Å². The number of H-pyrrole nitrogens is 1. The van der Waals surface area contributed by atoms with Gasteiger partial charge in [-0.05, 0) is 43.7 Å². The van der Waals surface area contributed by atoms with Crippen molar-refractivity contribution in [3.05, 3.63) is 76.5 Å². The van der Waals surface area contributed by atoms with Crippen molar-refractivity contribution in [1.82, 2.24) is 24.5 Å². The Balaban J connectivity index is 1.35. The molecule has 2 aliphatic rings. The van der Waals surface area contributed by atoms with Crippen LogP contribution >= 0.6 is 0 Å². The number of imidazole rings is 1. The van der Waals surface area contributed by atoms with E-state index in [-0.39, 0.29) is 11.6 Å². The van der Waals surface area contributed by atoms with Gasteiger partial charge in [-0.1, -0.05) is 6.07 Å². The summed E-state index contributed by atoms with van der Waals surface area (Å²) in [6.07, 6.45) is 4.66. The van der Waals surface area contributed by atoms with E-state index in [0.717, 1.165) is 48.2 Å². The topological polar surface area (TPSA) is 104 Å². The van der Waals surface area contributed by atoms with Gasteiger partial charge in [0.15, 0.2) is 5.82 Å². The Morgan fingerprint density at radius 3 is 2.73 bits per heavy atom. The van der Waals surface area contributed by atoms with Crippen LogP contribution in [0.2, 0.25) is 0 Å². The summed E-state index contributed by atoms with van der Waals surface area (Å²) in [5.74, 6) is 3.30. The lowest BCUT2D eigenvalue weighted by molar-refractivity contribution is 0.0984. The van der Waals surface area contributed by atoms with Crippen LogP contribution in [0.4, 0.5) is 23.3 Å². The third kappa shape index (κ3) is 4.67. The van der Waals surface area contributed by atoms with Gasteiger partial charge in [-0.2, -0.15) is 0 Å². The number of aromatic amines is 1. The van der Waals surface area contributed by atoms with E-state index in [1.165, 1.54) is 11.6 Å². The maximum Gasteiger partial charge on any atom is 0.249 e. The Hall–Kier alpha value is -4.18. The van der Waals surface area contributed by atoms with Crippen molar-refractivity contribution >= 4 is 23.3 Å². The van der Waals surface area contributed by atoms with Crippen LogP contribution in [-0.4, -0.2) is 56.8 Å². The van der Waals surface area contributed by atoms with Crippen molar-refractivity contribution in [3.8, 4) is 11.4 Å². The third-order valence-corrected chi connectivity index (χ3v) is 6.95. The number of nitrogens with zero attached hydrogens (tertiary/aromatic N) is 6. The second-order valence-corrected chi connectivity index (χ2v) is 9.55. The summed E-state index contributed by atoms with van der Waals surface area (Å²) >= 11 is 0. The van der Waals surface area contributed by atoms with E-state index in [0.29, 0.717) is 31.4 Å². The molecule has 0 radical (unpaired) electrons. The zero-order valence-electron chi connectivity index (χ0n) is 21.0. The number of hydrogen-bond donors (Lipinski definition) is 2. The summed E-state index contributed by atoms with van der Waals surface area (Å²) in [4.78, 5) is 33.8. The molecule has 1 aromatic carbocycles. The monoisotopic (exact) mass is 498 g/mol. The molecular formula is C27H30N8O2. The van der Waals surface area contributed by atoms with Gasteiger partial charge in [0, 0.05) is 55.4 Å². The number of hydrogen-bond acceptors (Lipinski definition) is 8. The molecule has 1 fully saturated rings. The molecule has 4 aromatic rings. The maximum absolute atomic E-state index is 11.6. The average Bonchev–Trinajstić information content (AvgIpc) is 3.34. The summed E-state index contributed by atoms with van der Waals surface area (Å²) < 4.78 is 7.75. The first-order chi connectivity index (χ1) is 18.0. The third-order valence-electron chi connectivity index (χ3n) is 6.95. The molecule has 0 spiro atoms. The summed E-state index contributed by atoms with van der Waals surface area (Å²) in [5.41, 5.74) is 3.91. The molecule has 1 unspecified atom stereocenters. The number of anilines is 4. The summed E-state index contributed by atoms with van der Waals surface area (Å²) in [6, 6.07) is 13.2. The van der Waals surface area contributed by atoms with Crippen molar-refractivity contribution < 1.29 is 4.74 Å². The average molecular weight is 499 g/mol. The molecule has 1 atom stereocenters. The standard InChI is InChI=1S/C27H30N8O2/c1-18-17-37-15-14-35(18)26-21-10-12-34(27-28-11-13-33(27)2)16-22(21)30-25(32-26)19-6-8-20(9-7-19)29-23-4-3-5-24(36)31-23/h3-9,11,13,18H,10,12,14-17H2,1-2H3,(H2,29,31,36). The van der Waals surface area contributed by atoms with E-state index in [1.807, 2.05) is 54.3 Å². The number of rotatable bonds is 5. The number of aromatic nitrogens is 5. The molecule has 10 heteroatoms. The maximum atomic E-state index is 11.6. The van der Waals surface area contributed by atoms with Crippen molar-refractivity contribution in [1.29, 1.82) is 0 Å². The number of nitrogens with one attached hydrogen (secondary N) is 2. The molecule has 10 nitrogen and oxygen atoms in total. The van der Waals surface area contributed by atoms with E-state index in [4.69, 9.17) is 14.7 Å². The quantitative estimate of drug-likeness (QED) is 0.433.